The Labute approximate surface area is 105 Å². The Morgan fingerprint density at radius 3 is 2.41 bits per heavy atom. The second kappa shape index (κ2) is 6.26. The van der Waals surface area contributed by atoms with E-state index < -0.39 is 11.9 Å². The van der Waals surface area contributed by atoms with Crippen LogP contribution in [-0.4, -0.2) is 16.3 Å². The van der Waals surface area contributed by atoms with Crippen LogP contribution < -0.4 is 5.32 Å². The fourth-order valence-corrected chi connectivity index (χ4v) is 1.37. The highest BCUT2D eigenvalue weighted by molar-refractivity contribution is 5.85. The van der Waals surface area contributed by atoms with Crippen molar-refractivity contribution in [2.24, 2.45) is 13.0 Å². The van der Waals surface area contributed by atoms with Crippen molar-refractivity contribution in [3.8, 4) is 0 Å². The van der Waals surface area contributed by atoms with E-state index in [0.29, 0.717) is 18.2 Å². The largest absolute Gasteiger partial charge is 0.433 e. The van der Waals surface area contributed by atoms with Crippen molar-refractivity contribution in [1.82, 2.24) is 15.1 Å². The Hall–Kier alpha value is -0.750. The van der Waals surface area contributed by atoms with Crippen molar-refractivity contribution in [3.05, 3.63) is 17.5 Å². The normalized spacial score (nSPS) is 11.7. The summed E-state index contributed by atoms with van der Waals surface area (Å²) in [5.41, 5.74) is -0.302. The second-order valence-electron chi connectivity index (χ2n) is 4.17. The number of halogens is 4. The van der Waals surface area contributed by atoms with Crippen LogP contribution in [0.25, 0.3) is 0 Å². The van der Waals surface area contributed by atoms with Crippen molar-refractivity contribution in [3.63, 3.8) is 0 Å². The van der Waals surface area contributed by atoms with E-state index in [-0.39, 0.29) is 12.4 Å². The number of rotatable bonds is 4. The Morgan fingerprint density at radius 1 is 1.41 bits per heavy atom. The fourth-order valence-electron chi connectivity index (χ4n) is 1.37. The summed E-state index contributed by atoms with van der Waals surface area (Å²) >= 11 is 0. The Bertz CT molecular complexity index is 347. The van der Waals surface area contributed by atoms with Gasteiger partial charge in [-0.25, -0.2) is 0 Å². The van der Waals surface area contributed by atoms with Crippen LogP contribution in [0, 0.1) is 5.92 Å². The first-order chi connectivity index (χ1) is 7.30. The molecule has 0 saturated carbocycles. The molecule has 0 unspecified atom stereocenters. The molecule has 0 aromatic carbocycles. The summed E-state index contributed by atoms with van der Waals surface area (Å²) in [6.45, 7) is 5.19. The zero-order valence-corrected chi connectivity index (χ0v) is 10.8. The number of aromatic nitrogens is 2. The van der Waals surface area contributed by atoms with Gasteiger partial charge in [0.2, 0.25) is 0 Å². The minimum absolute atomic E-state index is 0. The molecule has 0 amide bonds. The number of nitrogens with one attached hydrogen (secondary N) is 1. The lowest BCUT2D eigenvalue weighted by atomic mass is 10.2. The molecular weight excluding hydrogens is 255 g/mol. The molecule has 0 radical (unpaired) electrons. The highest BCUT2D eigenvalue weighted by Crippen LogP contribution is 2.29. The van der Waals surface area contributed by atoms with Crippen molar-refractivity contribution < 1.29 is 13.2 Å². The fraction of sp³-hybridized carbons (Fsp3) is 0.700. The summed E-state index contributed by atoms with van der Waals surface area (Å²) in [5, 5.41) is 6.86. The smallest absolute Gasteiger partial charge is 0.311 e. The van der Waals surface area contributed by atoms with Crippen molar-refractivity contribution in [1.29, 1.82) is 0 Å². The van der Waals surface area contributed by atoms with E-state index in [1.807, 2.05) is 13.8 Å². The molecular formula is C10H17ClF3N3. The van der Waals surface area contributed by atoms with E-state index in [1.165, 1.54) is 7.05 Å². The van der Waals surface area contributed by atoms with Gasteiger partial charge in [0.15, 0.2) is 0 Å². The number of hydrogen-bond donors (Lipinski definition) is 1. The van der Waals surface area contributed by atoms with Gasteiger partial charge < -0.3 is 5.32 Å². The van der Waals surface area contributed by atoms with Gasteiger partial charge in [-0.15, -0.1) is 12.4 Å². The molecule has 0 bridgehead atoms. The lowest BCUT2D eigenvalue weighted by Crippen LogP contribution is -2.19. The number of hydrogen-bond acceptors (Lipinski definition) is 2. The van der Waals surface area contributed by atoms with Crippen LogP contribution in [0.15, 0.2) is 6.07 Å². The molecule has 3 nitrogen and oxygen atoms in total. The molecule has 0 fully saturated rings. The predicted octanol–water partition coefficient (Wildman–Crippen LogP) is 2.61. The molecule has 1 rings (SSSR count). The topological polar surface area (TPSA) is 29.9 Å². The van der Waals surface area contributed by atoms with E-state index in [2.05, 4.69) is 10.4 Å². The lowest BCUT2D eigenvalue weighted by Gasteiger charge is -2.04. The zero-order chi connectivity index (χ0) is 12.3. The minimum Gasteiger partial charge on any atom is -0.311 e. The standard InChI is InChI=1S/C10H16F3N3.ClH/c1-7(2)5-14-6-8-4-9(10(11,12)13)16(3)15-8;/h4,7,14H,5-6H2,1-3H3;1H. The first-order valence-corrected chi connectivity index (χ1v) is 5.11. The molecule has 1 aromatic heterocycles. The van der Waals surface area contributed by atoms with Gasteiger partial charge in [0.1, 0.15) is 5.69 Å². The Balaban J connectivity index is 0.00000256. The van der Waals surface area contributed by atoms with Crippen LogP contribution in [0.5, 0.6) is 0 Å². The van der Waals surface area contributed by atoms with Crippen molar-refractivity contribution in [2.45, 2.75) is 26.6 Å². The maximum absolute atomic E-state index is 12.4. The quantitative estimate of drug-likeness (QED) is 0.912. The van der Waals surface area contributed by atoms with Gasteiger partial charge in [-0.3, -0.25) is 4.68 Å². The lowest BCUT2D eigenvalue weighted by molar-refractivity contribution is -0.143. The summed E-state index contributed by atoms with van der Waals surface area (Å²) in [6.07, 6.45) is -4.34. The average molecular weight is 272 g/mol. The predicted molar refractivity (Wildman–Crippen MR) is 62.0 cm³/mol. The zero-order valence-electron chi connectivity index (χ0n) is 10.0. The second-order valence-corrected chi connectivity index (χ2v) is 4.17. The number of aryl methyl sites for hydroxylation is 1. The maximum Gasteiger partial charge on any atom is 0.433 e. The van der Waals surface area contributed by atoms with E-state index in [1.54, 1.807) is 0 Å². The van der Waals surface area contributed by atoms with Crippen LogP contribution in [0.2, 0.25) is 0 Å². The maximum atomic E-state index is 12.4. The van der Waals surface area contributed by atoms with Crippen LogP contribution in [-0.2, 0) is 19.8 Å². The Morgan fingerprint density at radius 2 is 2.00 bits per heavy atom. The van der Waals surface area contributed by atoms with Crippen LogP contribution >= 0.6 is 12.4 Å². The monoisotopic (exact) mass is 271 g/mol. The highest BCUT2D eigenvalue weighted by atomic mass is 35.5. The van der Waals surface area contributed by atoms with Crippen molar-refractivity contribution >= 4 is 12.4 Å². The molecule has 1 heterocycles. The third kappa shape index (κ3) is 4.95. The van der Waals surface area contributed by atoms with Crippen LogP contribution in [0.4, 0.5) is 13.2 Å². The van der Waals surface area contributed by atoms with E-state index >= 15 is 0 Å². The van der Waals surface area contributed by atoms with E-state index in [9.17, 15) is 13.2 Å². The number of nitrogens with zero attached hydrogens (tertiary/aromatic N) is 2. The summed E-state index contributed by atoms with van der Waals surface area (Å²) in [4.78, 5) is 0. The first kappa shape index (κ1) is 16.2. The van der Waals surface area contributed by atoms with Gasteiger partial charge in [0.05, 0.1) is 5.69 Å². The first-order valence-electron chi connectivity index (χ1n) is 5.11. The minimum atomic E-state index is -4.34. The Kier molecular flexibility index (Phi) is 5.98. The highest BCUT2D eigenvalue weighted by Gasteiger charge is 2.34. The van der Waals surface area contributed by atoms with Gasteiger partial charge >= 0.3 is 6.18 Å². The summed E-state index contributed by atoms with van der Waals surface area (Å²) in [6, 6.07) is 1.08. The third-order valence-corrected chi connectivity index (χ3v) is 2.08. The average Bonchev–Trinajstić information content (AvgIpc) is 2.45. The van der Waals surface area contributed by atoms with Gasteiger partial charge in [-0.05, 0) is 18.5 Å². The van der Waals surface area contributed by atoms with E-state index in [4.69, 9.17) is 0 Å². The molecule has 0 aliphatic rings. The summed E-state index contributed by atoms with van der Waals surface area (Å²) in [5.74, 6) is 0.464. The molecule has 0 spiro atoms. The van der Waals surface area contributed by atoms with Crippen LogP contribution in [0.3, 0.4) is 0 Å². The number of alkyl halides is 3. The summed E-state index contributed by atoms with van der Waals surface area (Å²) in [7, 11) is 1.30. The molecule has 7 heteroatoms. The molecule has 1 aromatic rings. The molecule has 1 N–H and O–H groups in total. The van der Waals surface area contributed by atoms with Gasteiger partial charge in [-0.1, -0.05) is 13.8 Å². The SMILES string of the molecule is CC(C)CNCc1cc(C(F)(F)F)n(C)n1.Cl. The van der Waals surface area contributed by atoms with Gasteiger partial charge in [0.25, 0.3) is 0 Å². The molecule has 0 saturated heterocycles. The molecule has 17 heavy (non-hydrogen) atoms. The molecule has 100 valence electrons. The summed E-state index contributed by atoms with van der Waals surface area (Å²) < 4.78 is 38.2. The van der Waals surface area contributed by atoms with E-state index in [0.717, 1.165) is 17.3 Å². The van der Waals surface area contributed by atoms with Gasteiger partial charge in [0, 0.05) is 13.6 Å². The van der Waals surface area contributed by atoms with Crippen LogP contribution in [0.1, 0.15) is 25.2 Å². The third-order valence-electron chi connectivity index (χ3n) is 2.08. The molecule has 0 aliphatic heterocycles. The van der Waals surface area contributed by atoms with Crippen molar-refractivity contribution in [2.75, 3.05) is 6.54 Å². The molecule has 0 atom stereocenters. The van der Waals surface area contributed by atoms with Gasteiger partial charge in [-0.2, -0.15) is 18.3 Å². The molecule has 0 aliphatic carbocycles.